The number of aromatic carboxylic acids is 1. The van der Waals surface area contributed by atoms with E-state index < -0.39 is 18.2 Å². The molecule has 0 aromatic carbocycles. The van der Waals surface area contributed by atoms with Gasteiger partial charge in [0.25, 0.3) is 0 Å². The number of aliphatic hydroxyl groups is 2. The summed E-state index contributed by atoms with van der Waals surface area (Å²) in [4.78, 5) is 11.0. The molecule has 0 amide bonds. The molecule has 78 valence electrons. The van der Waals surface area contributed by atoms with Crippen molar-refractivity contribution in [1.29, 1.82) is 0 Å². The number of thiophene rings is 1. The molecule has 6 heteroatoms. The van der Waals surface area contributed by atoms with Crippen LogP contribution in [0.5, 0.6) is 0 Å². The van der Waals surface area contributed by atoms with Crippen molar-refractivity contribution in [2.45, 2.75) is 12.2 Å². The van der Waals surface area contributed by atoms with Gasteiger partial charge in [-0.1, -0.05) is 0 Å². The average Bonchev–Trinajstić information content (AvgIpc) is 2.64. The van der Waals surface area contributed by atoms with E-state index in [0.717, 1.165) is 11.3 Å². The Hall–Kier alpha value is -0.560. The van der Waals surface area contributed by atoms with Crippen LogP contribution in [0.2, 0.25) is 0 Å². The highest BCUT2D eigenvalue weighted by Gasteiger charge is 2.19. The van der Waals surface area contributed by atoms with Crippen molar-refractivity contribution in [3.8, 4) is 0 Å². The highest BCUT2D eigenvalue weighted by Crippen LogP contribution is 2.25. The lowest BCUT2D eigenvalue weighted by molar-refractivity contribution is 0.0360. The summed E-state index contributed by atoms with van der Waals surface area (Å²) in [5.74, 6) is -0.915. The van der Waals surface area contributed by atoms with Crippen LogP contribution in [0.1, 0.15) is 21.3 Å². The minimum Gasteiger partial charge on any atom is -0.478 e. The molecule has 2 atom stereocenters. The van der Waals surface area contributed by atoms with Gasteiger partial charge in [-0.2, -0.15) is 12.6 Å². The first-order chi connectivity index (χ1) is 6.56. The largest absolute Gasteiger partial charge is 0.478 e. The van der Waals surface area contributed by atoms with Crippen molar-refractivity contribution >= 4 is 29.9 Å². The first-order valence-corrected chi connectivity index (χ1v) is 5.36. The molecule has 0 saturated heterocycles. The first kappa shape index (κ1) is 11.5. The number of aliphatic hydroxyl groups excluding tert-OH is 2. The van der Waals surface area contributed by atoms with Crippen LogP contribution < -0.4 is 0 Å². The Morgan fingerprint density at radius 3 is 2.64 bits per heavy atom. The second kappa shape index (κ2) is 4.79. The summed E-state index contributed by atoms with van der Waals surface area (Å²) < 4.78 is 0. The fourth-order valence-electron chi connectivity index (χ4n) is 0.910. The maximum Gasteiger partial charge on any atom is 0.336 e. The number of carbonyl (C=O) groups is 1. The van der Waals surface area contributed by atoms with Gasteiger partial charge in [-0.05, 0) is 6.07 Å². The number of rotatable bonds is 4. The average molecular weight is 234 g/mol. The van der Waals surface area contributed by atoms with Crippen LogP contribution in [-0.4, -0.2) is 33.1 Å². The molecule has 1 aromatic rings. The van der Waals surface area contributed by atoms with Crippen LogP contribution >= 0.6 is 24.0 Å². The molecule has 1 aromatic heterocycles. The molecule has 0 aliphatic carbocycles. The molecule has 0 saturated carbocycles. The maximum atomic E-state index is 10.5. The van der Waals surface area contributed by atoms with E-state index in [1.54, 1.807) is 0 Å². The van der Waals surface area contributed by atoms with Gasteiger partial charge in [-0.3, -0.25) is 0 Å². The monoisotopic (exact) mass is 234 g/mol. The second-order valence-electron chi connectivity index (χ2n) is 2.74. The smallest absolute Gasteiger partial charge is 0.336 e. The number of hydrogen-bond donors (Lipinski definition) is 4. The van der Waals surface area contributed by atoms with Gasteiger partial charge in [0, 0.05) is 16.0 Å². The molecule has 0 aliphatic rings. The Balaban J connectivity index is 2.81. The number of hydrogen-bond acceptors (Lipinski definition) is 5. The third-order valence-electron chi connectivity index (χ3n) is 1.71. The molecule has 4 nitrogen and oxygen atoms in total. The van der Waals surface area contributed by atoms with E-state index in [0.29, 0.717) is 4.88 Å². The Labute approximate surface area is 90.2 Å². The van der Waals surface area contributed by atoms with Crippen molar-refractivity contribution in [2.75, 3.05) is 5.75 Å². The minimum absolute atomic E-state index is 0.121. The zero-order valence-electron chi connectivity index (χ0n) is 7.12. The summed E-state index contributed by atoms with van der Waals surface area (Å²) in [6.07, 6.45) is -2.04. The van der Waals surface area contributed by atoms with Gasteiger partial charge in [-0.25, -0.2) is 4.79 Å². The Kier molecular flexibility index (Phi) is 3.94. The zero-order chi connectivity index (χ0) is 10.7. The van der Waals surface area contributed by atoms with Crippen molar-refractivity contribution in [3.63, 3.8) is 0 Å². The standard InChI is InChI=1S/C8H10O4S2/c9-5(2-13)7(10)6-1-4(3-14-6)8(11)12/h1,3,5,7,9-10,13H,2H2,(H,11,12). The van der Waals surface area contributed by atoms with Crippen LogP contribution in [0.3, 0.4) is 0 Å². The second-order valence-corrected chi connectivity index (χ2v) is 4.05. The van der Waals surface area contributed by atoms with E-state index >= 15 is 0 Å². The van der Waals surface area contributed by atoms with Gasteiger partial charge in [-0.15, -0.1) is 11.3 Å². The predicted molar refractivity (Wildman–Crippen MR) is 56.1 cm³/mol. The van der Waals surface area contributed by atoms with E-state index in [-0.39, 0.29) is 11.3 Å². The summed E-state index contributed by atoms with van der Waals surface area (Å²) in [6, 6.07) is 1.35. The lowest BCUT2D eigenvalue weighted by Crippen LogP contribution is -2.18. The Bertz CT molecular complexity index is 323. The van der Waals surface area contributed by atoms with Crippen molar-refractivity contribution in [2.24, 2.45) is 0 Å². The van der Waals surface area contributed by atoms with Gasteiger partial charge in [0.2, 0.25) is 0 Å². The summed E-state index contributed by atoms with van der Waals surface area (Å²) in [6.45, 7) is 0. The summed E-state index contributed by atoms with van der Waals surface area (Å²) in [5.41, 5.74) is 0.121. The highest BCUT2D eigenvalue weighted by molar-refractivity contribution is 7.80. The van der Waals surface area contributed by atoms with Crippen molar-refractivity contribution < 1.29 is 20.1 Å². The molecule has 0 spiro atoms. The lowest BCUT2D eigenvalue weighted by atomic mass is 10.2. The number of carboxylic acid groups (broad SMARTS) is 1. The van der Waals surface area contributed by atoms with Gasteiger partial charge in [0.1, 0.15) is 6.10 Å². The molecule has 0 fully saturated rings. The maximum absolute atomic E-state index is 10.5. The normalized spacial score (nSPS) is 15.1. The van der Waals surface area contributed by atoms with Crippen LogP contribution in [0.15, 0.2) is 11.4 Å². The number of thiol groups is 1. The van der Waals surface area contributed by atoms with Gasteiger partial charge in [0.05, 0.1) is 11.7 Å². The third kappa shape index (κ3) is 2.48. The molecular formula is C8H10O4S2. The van der Waals surface area contributed by atoms with Crippen LogP contribution in [-0.2, 0) is 0 Å². The molecule has 2 unspecified atom stereocenters. The lowest BCUT2D eigenvalue weighted by Gasteiger charge is -2.13. The fraction of sp³-hybridized carbons (Fsp3) is 0.375. The van der Waals surface area contributed by atoms with E-state index in [4.69, 9.17) is 5.11 Å². The molecule has 0 aliphatic heterocycles. The van der Waals surface area contributed by atoms with E-state index in [2.05, 4.69) is 12.6 Å². The summed E-state index contributed by atoms with van der Waals surface area (Å²) >= 11 is 4.94. The molecule has 3 N–H and O–H groups in total. The molecular weight excluding hydrogens is 224 g/mol. The Morgan fingerprint density at radius 2 is 2.21 bits per heavy atom. The summed E-state index contributed by atoms with van der Waals surface area (Å²) in [7, 11) is 0. The minimum atomic E-state index is -1.06. The van der Waals surface area contributed by atoms with E-state index in [9.17, 15) is 15.0 Å². The van der Waals surface area contributed by atoms with Gasteiger partial charge >= 0.3 is 5.97 Å². The molecule has 1 heterocycles. The molecule has 14 heavy (non-hydrogen) atoms. The first-order valence-electron chi connectivity index (χ1n) is 3.85. The van der Waals surface area contributed by atoms with Crippen molar-refractivity contribution in [3.05, 3.63) is 21.9 Å². The molecule has 0 radical (unpaired) electrons. The quantitative estimate of drug-likeness (QED) is 0.580. The molecule has 1 rings (SSSR count). The third-order valence-corrected chi connectivity index (χ3v) is 3.09. The highest BCUT2D eigenvalue weighted by atomic mass is 32.1. The fourth-order valence-corrected chi connectivity index (χ4v) is 2.03. The van der Waals surface area contributed by atoms with Gasteiger partial charge < -0.3 is 15.3 Å². The van der Waals surface area contributed by atoms with E-state index in [1.165, 1.54) is 11.4 Å². The van der Waals surface area contributed by atoms with Crippen LogP contribution in [0, 0.1) is 0 Å². The SMILES string of the molecule is O=C(O)c1csc(C(O)C(O)CS)c1. The van der Waals surface area contributed by atoms with Crippen molar-refractivity contribution in [1.82, 2.24) is 0 Å². The summed E-state index contributed by atoms with van der Waals surface area (Å²) in [5, 5.41) is 28.8. The van der Waals surface area contributed by atoms with Gasteiger partial charge in [0.15, 0.2) is 0 Å². The Morgan fingerprint density at radius 1 is 1.57 bits per heavy atom. The van der Waals surface area contributed by atoms with Crippen LogP contribution in [0.25, 0.3) is 0 Å². The number of carboxylic acids is 1. The predicted octanol–water partition coefficient (Wildman–Crippen LogP) is 0.770. The topological polar surface area (TPSA) is 77.8 Å². The van der Waals surface area contributed by atoms with E-state index in [1.807, 2.05) is 0 Å². The van der Waals surface area contributed by atoms with Crippen LogP contribution in [0.4, 0.5) is 0 Å². The molecule has 0 bridgehead atoms. The zero-order valence-corrected chi connectivity index (χ0v) is 8.83.